The maximum Gasteiger partial charge on any atom is 0.259 e. The smallest absolute Gasteiger partial charge is 0.259 e. The van der Waals surface area contributed by atoms with E-state index in [0.717, 1.165) is 30.4 Å². The molecule has 0 saturated carbocycles. The first-order chi connectivity index (χ1) is 15.9. The van der Waals surface area contributed by atoms with Crippen LogP contribution in [0.5, 0.6) is 0 Å². The van der Waals surface area contributed by atoms with Gasteiger partial charge in [0.05, 0.1) is 29.4 Å². The van der Waals surface area contributed by atoms with Gasteiger partial charge in [-0.25, -0.2) is 14.4 Å². The van der Waals surface area contributed by atoms with Crippen molar-refractivity contribution in [2.75, 3.05) is 11.9 Å². The van der Waals surface area contributed by atoms with Gasteiger partial charge in [-0.2, -0.15) is 0 Å². The topological polar surface area (TPSA) is 75.2 Å². The number of amides is 2. The number of benzene rings is 2. The fourth-order valence-electron chi connectivity index (χ4n) is 4.22. The summed E-state index contributed by atoms with van der Waals surface area (Å²) in [5.74, 6) is -0.397. The number of hydrogen-bond acceptors (Lipinski definition) is 4. The molecule has 7 heteroatoms. The van der Waals surface area contributed by atoms with E-state index >= 15 is 0 Å². The predicted molar refractivity (Wildman–Crippen MR) is 124 cm³/mol. The molecule has 1 aliphatic rings. The zero-order chi connectivity index (χ0) is 23.4. The van der Waals surface area contributed by atoms with Crippen LogP contribution in [0.3, 0.4) is 0 Å². The molecule has 170 valence electrons. The first-order valence-corrected chi connectivity index (χ1v) is 11.2. The number of rotatable bonds is 5. The Kier molecular flexibility index (Phi) is 6.77. The third-order valence-corrected chi connectivity index (χ3v) is 5.92. The zero-order valence-corrected chi connectivity index (χ0v) is 18.8. The van der Waals surface area contributed by atoms with Gasteiger partial charge >= 0.3 is 0 Å². The normalized spacial score (nSPS) is 15.8. The molecule has 1 atom stereocenters. The molecule has 1 fully saturated rings. The molecular weight excluding hydrogens is 419 g/mol. The van der Waals surface area contributed by atoms with Gasteiger partial charge < -0.3 is 10.2 Å². The molecule has 1 aromatic heterocycles. The summed E-state index contributed by atoms with van der Waals surface area (Å²) in [4.78, 5) is 36.7. The molecule has 0 unspecified atom stereocenters. The van der Waals surface area contributed by atoms with Crippen LogP contribution in [0.1, 0.15) is 58.3 Å². The third kappa shape index (κ3) is 5.25. The van der Waals surface area contributed by atoms with Crippen molar-refractivity contribution in [2.45, 2.75) is 45.6 Å². The zero-order valence-electron chi connectivity index (χ0n) is 18.8. The van der Waals surface area contributed by atoms with Crippen molar-refractivity contribution in [2.24, 2.45) is 0 Å². The summed E-state index contributed by atoms with van der Waals surface area (Å²) < 4.78 is 13.9. The number of halogens is 1. The van der Waals surface area contributed by atoms with Crippen LogP contribution in [0.25, 0.3) is 0 Å². The quantitative estimate of drug-likeness (QED) is 0.612. The third-order valence-electron chi connectivity index (χ3n) is 5.92. The van der Waals surface area contributed by atoms with Crippen LogP contribution < -0.4 is 5.32 Å². The van der Waals surface area contributed by atoms with E-state index in [-0.39, 0.29) is 23.2 Å². The number of aryl methyl sites for hydroxylation is 2. The van der Waals surface area contributed by atoms with Crippen LogP contribution in [-0.4, -0.2) is 33.2 Å². The number of carbonyl (C=O) groups excluding carboxylic acids is 2. The fraction of sp³-hybridized carbons (Fsp3) is 0.308. The van der Waals surface area contributed by atoms with Gasteiger partial charge in [0.25, 0.3) is 5.91 Å². The highest BCUT2D eigenvalue weighted by molar-refractivity contribution is 6.04. The molecule has 4 rings (SSSR count). The van der Waals surface area contributed by atoms with Crippen LogP contribution in [0.15, 0.2) is 54.7 Å². The van der Waals surface area contributed by atoms with E-state index in [0.29, 0.717) is 24.5 Å². The number of para-hydroxylation sites is 1. The lowest BCUT2D eigenvalue weighted by Gasteiger charge is -2.35. The molecule has 0 aliphatic carbocycles. The van der Waals surface area contributed by atoms with Gasteiger partial charge in [0.2, 0.25) is 5.91 Å². The predicted octanol–water partition coefficient (Wildman–Crippen LogP) is 4.78. The monoisotopic (exact) mass is 446 g/mol. The van der Waals surface area contributed by atoms with Crippen molar-refractivity contribution in [3.05, 3.63) is 88.8 Å². The van der Waals surface area contributed by atoms with Crippen molar-refractivity contribution in [3.63, 3.8) is 0 Å². The van der Waals surface area contributed by atoms with Crippen LogP contribution >= 0.6 is 0 Å². The highest BCUT2D eigenvalue weighted by Gasteiger charge is 2.30. The molecular formula is C26H27FN4O2. The second-order valence-corrected chi connectivity index (χ2v) is 8.43. The summed E-state index contributed by atoms with van der Waals surface area (Å²) in [6.45, 7) is 4.40. The minimum Gasteiger partial charge on any atom is -0.332 e. The summed E-state index contributed by atoms with van der Waals surface area (Å²) in [7, 11) is 0. The fourth-order valence-corrected chi connectivity index (χ4v) is 4.22. The van der Waals surface area contributed by atoms with Crippen LogP contribution in [-0.2, 0) is 11.2 Å². The van der Waals surface area contributed by atoms with Gasteiger partial charge in [-0.05, 0) is 50.8 Å². The van der Waals surface area contributed by atoms with Crippen molar-refractivity contribution >= 4 is 17.5 Å². The maximum atomic E-state index is 13.9. The van der Waals surface area contributed by atoms with E-state index in [2.05, 4.69) is 15.3 Å². The van der Waals surface area contributed by atoms with Crippen molar-refractivity contribution < 1.29 is 14.0 Å². The molecule has 2 heterocycles. The Hall–Kier alpha value is -3.61. The first-order valence-electron chi connectivity index (χ1n) is 11.2. The highest BCUT2D eigenvalue weighted by Crippen LogP contribution is 2.30. The number of carbonyl (C=O) groups is 2. The molecule has 0 radical (unpaired) electrons. The maximum absolute atomic E-state index is 13.9. The second-order valence-electron chi connectivity index (χ2n) is 8.43. The number of hydrogen-bond donors (Lipinski definition) is 1. The largest absolute Gasteiger partial charge is 0.332 e. The minimum atomic E-state index is -0.508. The van der Waals surface area contributed by atoms with Crippen LogP contribution in [0, 0.1) is 19.7 Å². The molecule has 2 aromatic carbocycles. The second kappa shape index (κ2) is 9.90. The Bertz CT molecular complexity index is 1180. The van der Waals surface area contributed by atoms with Crippen LogP contribution in [0.2, 0.25) is 0 Å². The molecule has 33 heavy (non-hydrogen) atoms. The molecule has 1 aliphatic heterocycles. The Morgan fingerprint density at radius 2 is 1.94 bits per heavy atom. The first kappa shape index (κ1) is 22.6. The average Bonchev–Trinajstić information content (AvgIpc) is 2.80. The molecule has 2 amide bonds. The highest BCUT2D eigenvalue weighted by atomic mass is 19.1. The van der Waals surface area contributed by atoms with Gasteiger partial charge in [-0.15, -0.1) is 0 Å². The summed E-state index contributed by atoms with van der Waals surface area (Å²) in [5, 5.41) is 2.57. The summed E-state index contributed by atoms with van der Waals surface area (Å²) in [6.07, 6.45) is 4.50. The number of nitrogens with one attached hydrogen (secondary N) is 1. The number of aromatic nitrogens is 2. The Morgan fingerprint density at radius 1 is 1.12 bits per heavy atom. The standard InChI is InChI=1S/C26H27FN4O2/c1-17-8-7-9-19(14-17)15-24(32)31-13-6-5-12-23(31)25-28-16-20(18(2)29-25)26(33)30-22-11-4-3-10-21(22)27/h3-4,7-11,14,16,23H,5-6,12-13,15H2,1-2H3,(H,30,33)/t23-/m1/s1. The molecule has 0 spiro atoms. The average molecular weight is 447 g/mol. The molecule has 1 saturated heterocycles. The Labute approximate surface area is 192 Å². The molecule has 3 aromatic rings. The number of anilines is 1. The van der Waals surface area contributed by atoms with Gasteiger partial charge in [0, 0.05) is 12.7 Å². The van der Waals surface area contributed by atoms with Crippen LogP contribution in [0.4, 0.5) is 10.1 Å². The van der Waals surface area contributed by atoms with E-state index in [9.17, 15) is 14.0 Å². The van der Waals surface area contributed by atoms with E-state index in [4.69, 9.17) is 0 Å². The van der Waals surface area contributed by atoms with Gasteiger partial charge in [-0.3, -0.25) is 9.59 Å². The van der Waals surface area contributed by atoms with Gasteiger partial charge in [0.1, 0.15) is 5.82 Å². The molecule has 1 N–H and O–H groups in total. The van der Waals surface area contributed by atoms with E-state index in [1.54, 1.807) is 19.1 Å². The SMILES string of the molecule is Cc1cccc(CC(=O)N2CCCC[C@@H]2c2ncc(C(=O)Nc3ccccc3F)c(C)n2)c1. The number of likely N-dealkylation sites (tertiary alicyclic amines) is 1. The lowest BCUT2D eigenvalue weighted by Crippen LogP contribution is -2.40. The summed E-state index contributed by atoms with van der Waals surface area (Å²) in [5.41, 5.74) is 2.98. The summed E-state index contributed by atoms with van der Waals surface area (Å²) in [6, 6.07) is 13.7. The van der Waals surface area contributed by atoms with Crippen molar-refractivity contribution in [3.8, 4) is 0 Å². The minimum absolute atomic E-state index is 0.0490. The molecule has 6 nitrogen and oxygen atoms in total. The lowest BCUT2D eigenvalue weighted by molar-refractivity contribution is -0.134. The lowest BCUT2D eigenvalue weighted by atomic mass is 9.99. The van der Waals surface area contributed by atoms with E-state index in [1.807, 2.05) is 36.1 Å². The van der Waals surface area contributed by atoms with Crippen molar-refractivity contribution in [1.29, 1.82) is 0 Å². The number of nitrogens with zero attached hydrogens (tertiary/aromatic N) is 3. The van der Waals surface area contributed by atoms with E-state index < -0.39 is 11.7 Å². The van der Waals surface area contributed by atoms with Crippen molar-refractivity contribution in [1.82, 2.24) is 14.9 Å². The summed E-state index contributed by atoms with van der Waals surface area (Å²) >= 11 is 0. The Balaban J connectivity index is 1.52. The Morgan fingerprint density at radius 3 is 2.70 bits per heavy atom. The molecule has 0 bridgehead atoms. The number of piperidine rings is 1. The van der Waals surface area contributed by atoms with E-state index in [1.165, 1.54) is 18.3 Å². The van der Waals surface area contributed by atoms with Gasteiger partial charge in [0.15, 0.2) is 5.82 Å². The van der Waals surface area contributed by atoms with Gasteiger partial charge in [-0.1, -0.05) is 42.0 Å².